The Bertz CT molecular complexity index is 1190. The minimum Gasteiger partial charge on any atom is -0.369 e. The van der Waals surface area contributed by atoms with Gasteiger partial charge in [0.1, 0.15) is 18.4 Å². The topological polar surface area (TPSA) is 145 Å². The third-order valence-corrected chi connectivity index (χ3v) is 3.87. The maximum absolute atomic E-state index is 9.14. The van der Waals surface area contributed by atoms with E-state index in [1.54, 1.807) is 36.1 Å². The monoisotopic (exact) mass is 356 g/mol. The smallest absolute Gasteiger partial charge is 0.184 e. The summed E-state index contributed by atoms with van der Waals surface area (Å²) in [6, 6.07) is 7.23. The van der Waals surface area contributed by atoms with Crippen molar-refractivity contribution in [1.82, 2.24) is 34.9 Å². The largest absolute Gasteiger partial charge is 0.369 e. The highest BCUT2D eigenvalue weighted by atomic mass is 15.3. The number of aromatic amines is 1. The van der Waals surface area contributed by atoms with Gasteiger partial charge < -0.3 is 5.32 Å². The van der Waals surface area contributed by atoms with Crippen LogP contribution in [-0.2, 0) is 0 Å². The van der Waals surface area contributed by atoms with Crippen LogP contribution >= 0.6 is 0 Å². The Kier molecular flexibility index (Phi) is 3.92. The Morgan fingerprint density at radius 3 is 2.78 bits per heavy atom. The molecule has 4 aromatic heterocycles. The van der Waals surface area contributed by atoms with Crippen LogP contribution < -0.4 is 5.32 Å². The number of nitriles is 2. The van der Waals surface area contributed by atoms with E-state index in [-0.39, 0.29) is 0 Å². The van der Waals surface area contributed by atoms with Crippen LogP contribution in [0.3, 0.4) is 0 Å². The fraction of sp³-hybridized carbons (Fsp3) is 0.118. The number of hydrogen-bond donors (Lipinski definition) is 2. The van der Waals surface area contributed by atoms with Crippen LogP contribution in [0.2, 0.25) is 0 Å². The Morgan fingerprint density at radius 1 is 1.15 bits per heavy atom. The zero-order chi connectivity index (χ0) is 18.8. The molecular weight excluding hydrogens is 344 g/mol. The van der Waals surface area contributed by atoms with Gasteiger partial charge in [-0.05, 0) is 13.0 Å². The Labute approximate surface area is 153 Å². The highest BCUT2D eigenvalue weighted by Crippen LogP contribution is 2.27. The van der Waals surface area contributed by atoms with Gasteiger partial charge in [0.15, 0.2) is 17.3 Å². The Hall–Kier alpha value is -4.31. The van der Waals surface area contributed by atoms with E-state index in [1.165, 1.54) is 12.5 Å². The normalized spacial score (nSPS) is 11.7. The molecule has 0 bridgehead atoms. The number of nitrogens with zero attached hydrogens (tertiary/aromatic N) is 8. The summed E-state index contributed by atoms with van der Waals surface area (Å²) in [5, 5.41) is 33.1. The molecule has 2 N–H and O–H groups in total. The van der Waals surface area contributed by atoms with Gasteiger partial charge in [-0.15, -0.1) is 0 Å². The van der Waals surface area contributed by atoms with Crippen LogP contribution in [0.25, 0.3) is 28.2 Å². The summed E-state index contributed by atoms with van der Waals surface area (Å²) >= 11 is 0. The predicted molar refractivity (Wildman–Crippen MR) is 95.4 cm³/mol. The molecule has 0 spiro atoms. The van der Waals surface area contributed by atoms with E-state index >= 15 is 0 Å². The summed E-state index contributed by atoms with van der Waals surface area (Å²) < 4.78 is 1.57. The van der Waals surface area contributed by atoms with Gasteiger partial charge in [0.05, 0.1) is 29.1 Å². The molecular formula is C17H12N10. The third kappa shape index (κ3) is 2.92. The van der Waals surface area contributed by atoms with Gasteiger partial charge >= 0.3 is 0 Å². The van der Waals surface area contributed by atoms with E-state index in [0.29, 0.717) is 34.1 Å². The average Bonchev–Trinajstić information content (AvgIpc) is 3.37. The van der Waals surface area contributed by atoms with E-state index in [1.807, 2.05) is 0 Å². The SMILES string of the molecule is C[C@H](C#N)Nc1cc(-n2ncc3cc(C#N)cnc32)ncc1-c1nc[nH]n1. The molecule has 0 saturated carbocycles. The maximum atomic E-state index is 9.14. The molecule has 27 heavy (non-hydrogen) atoms. The number of nitrogens with one attached hydrogen (secondary N) is 2. The summed E-state index contributed by atoms with van der Waals surface area (Å²) in [5.74, 6) is 0.970. The van der Waals surface area contributed by atoms with Gasteiger partial charge in [-0.3, -0.25) is 5.10 Å². The van der Waals surface area contributed by atoms with E-state index in [9.17, 15) is 0 Å². The molecule has 0 amide bonds. The van der Waals surface area contributed by atoms with Crippen molar-refractivity contribution in [1.29, 1.82) is 10.5 Å². The first kappa shape index (κ1) is 16.2. The summed E-state index contributed by atoms with van der Waals surface area (Å²) in [7, 11) is 0. The average molecular weight is 356 g/mol. The fourth-order valence-electron chi connectivity index (χ4n) is 2.61. The Morgan fingerprint density at radius 2 is 2.04 bits per heavy atom. The van der Waals surface area contributed by atoms with E-state index in [0.717, 1.165) is 5.39 Å². The number of anilines is 1. The molecule has 4 heterocycles. The van der Waals surface area contributed by atoms with Gasteiger partial charge in [-0.1, -0.05) is 0 Å². The molecule has 4 aromatic rings. The molecule has 0 aliphatic heterocycles. The van der Waals surface area contributed by atoms with Crippen LogP contribution in [-0.4, -0.2) is 41.0 Å². The van der Waals surface area contributed by atoms with Crippen molar-refractivity contribution in [3.63, 3.8) is 0 Å². The highest BCUT2D eigenvalue weighted by molar-refractivity contribution is 5.79. The molecule has 10 nitrogen and oxygen atoms in total. The minimum atomic E-state index is -0.427. The first-order valence-corrected chi connectivity index (χ1v) is 7.96. The van der Waals surface area contributed by atoms with Crippen molar-refractivity contribution >= 4 is 16.7 Å². The van der Waals surface area contributed by atoms with Crippen LogP contribution in [0.5, 0.6) is 0 Å². The number of H-pyrrole nitrogens is 1. The molecule has 1 atom stereocenters. The molecule has 10 heteroatoms. The molecule has 0 unspecified atom stereocenters. The lowest BCUT2D eigenvalue weighted by atomic mass is 10.2. The number of aromatic nitrogens is 7. The number of fused-ring (bicyclic) bond motifs is 1. The molecule has 0 aromatic carbocycles. The summed E-state index contributed by atoms with van der Waals surface area (Å²) in [6.07, 6.45) is 6.19. The highest BCUT2D eigenvalue weighted by Gasteiger charge is 2.15. The van der Waals surface area contributed by atoms with E-state index in [2.05, 4.69) is 47.7 Å². The van der Waals surface area contributed by atoms with Gasteiger partial charge in [0, 0.05) is 23.8 Å². The van der Waals surface area contributed by atoms with Crippen molar-refractivity contribution < 1.29 is 0 Å². The molecule has 0 saturated heterocycles. The molecule has 130 valence electrons. The van der Waals surface area contributed by atoms with E-state index in [4.69, 9.17) is 10.5 Å². The van der Waals surface area contributed by atoms with E-state index < -0.39 is 6.04 Å². The summed E-state index contributed by atoms with van der Waals surface area (Å²) in [4.78, 5) is 12.9. The molecule has 0 aliphatic carbocycles. The van der Waals surface area contributed by atoms with Crippen LogP contribution in [0, 0.1) is 22.7 Å². The zero-order valence-corrected chi connectivity index (χ0v) is 14.1. The standard InChI is InChI=1S/C17H12N10/c1-10(4-18)25-14-3-15(20-8-13(14)16-22-9-23-26-16)27-17-12(7-24-27)2-11(5-19)6-21-17/h2-3,6-10H,1H3,(H,20,25)(H,22,23,26)/t10-/m1/s1. The van der Waals surface area contributed by atoms with Crippen LogP contribution in [0.15, 0.2) is 37.1 Å². The second-order valence-electron chi connectivity index (χ2n) is 5.71. The summed E-state index contributed by atoms with van der Waals surface area (Å²) in [6.45, 7) is 1.75. The lowest BCUT2D eigenvalue weighted by molar-refractivity contribution is 0.862. The molecule has 4 rings (SSSR count). The minimum absolute atomic E-state index is 0.427. The number of hydrogen-bond acceptors (Lipinski definition) is 8. The quantitative estimate of drug-likeness (QED) is 0.563. The fourth-order valence-corrected chi connectivity index (χ4v) is 2.61. The van der Waals surface area contributed by atoms with Gasteiger partial charge in [0.25, 0.3) is 0 Å². The van der Waals surface area contributed by atoms with Crippen molar-refractivity contribution in [3.05, 3.63) is 42.6 Å². The molecule has 0 aliphatic rings. The van der Waals surface area contributed by atoms with Crippen molar-refractivity contribution in [2.45, 2.75) is 13.0 Å². The van der Waals surface area contributed by atoms with Crippen molar-refractivity contribution in [3.8, 4) is 29.3 Å². The first-order valence-electron chi connectivity index (χ1n) is 7.96. The van der Waals surface area contributed by atoms with Gasteiger partial charge in [-0.25, -0.2) is 15.0 Å². The zero-order valence-electron chi connectivity index (χ0n) is 14.1. The lowest BCUT2D eigenvalue weighted by Gasteiger charge is -2.13. The third-order valence-electron chi connectivity index (χ3n) is 3.87. The Balaban J connectivity index is 1.84. The molecule has 0 radical (unpaired) electrons. The van der Waals surface area contributed by atoms with Crippen molar-refractivity contribution in [2.75, 3.05) is 5.32 Å². The van der Waals surface area contributed by atoms with Crippen LogP contribution in [0.4, 0.5) is 5.69 Å². The second kappa shape index (κ2) is 6.54. The maximum Gasteiger partial charge on any atom is 0.184 e. The first-order chi connectivity index (χ1) is 13.2. The van der Waals surface area contributed by atoms with Crippen LogP contribution in [0.1, 0.15) is 12.5 Å². The second-order valence-corrected chi connectivity index (χ2v) is 5.71. The number of rotatable bonds is 4. The number of pyridine rings is 2. The predicted octanol–water partition coefficient (Wildman–Crippen LogP) is 1.80. The van der Waals surface area contributed by atoms with Crippen molar-refractivity contribution in [2.24, 2.45) is 0 Å². The van der Waals surface area contributed by atoms with Gasteiger partial charge in [0.2, 0.25) is 0 Å². The lowest BCUT2D eigenvalue weighted by Crippen LogP contribution is -2.14. The molecule has 0 fully saturated rings. The van der Waals surface area contributed by atoms with Gasteiger partial charge in [-0.2, -0.15) is 25.4 Å². The summed E-state index contributed by atoms with van der Waals surface area (Å²) in [5.41, 5.74) is 2.33.